The summed E-state index contributed by atoms with van der Waals surface area (Å²) in [7, 11) is 0. The lowest BCUT2D eigenvalue weighted by Crippen LogP contribution is -2.46. The minimum absolute atomic E-state index is 0.116. The second-order valence-corrected chi connectivity index (χ2v) is 8.51. The SMILES string of the molecule is CC(C)(C)OC(=O)c1ccnc2ccc(N3CCCC(C)(C)C3=O)cc12. The van der Waals surface area contributed by atoms with Crippen LogP contribution >= 0.6 is 0 Å². The second-order valence-electron chi connectivity index (χ2n) is 8.51. The number of benzene rings is 1. The molecular formula is C21H26N2O3. The molecule has 138 valence electrons. The van der Waals surface area contributed by atoms with Crippen molar-refractivity contribution in [3.8, 4) is 0 Å². The van der Waals surface area contributed by atoms with E-state index in [1.165, 1.54) is 0 Å². The number of carbonyl (C=O) groups excluding carboxylic acids is 2. The maximum Gasteiger partial charge on any atom is 0.339 e. The molecule has 1 aliphatic heterocycles. The van der Waals surface area contributed by atoms with Crippen LogP contribution in [0.3, 0.4) is 0 Å². The van der Waals surface area contributed by atoms with E-state index in [-0.39, 0.29) is 17.3 Å². The number of nitrogens with zero attached hydrogens (tertiary/aromatic N) is 2. The molecule has 2 aromatic rings. The molecule has 1 aromatic carbocycles. The molecular weight excluding hydrogens is 328 g/mol. The van der Waals surface area contributed by atoms with E-state index >= 15 is 0 Å². The lowest BCUT2D eigenvalue weighted by atomic mass is 9.83. The van der Waals surface area contributed by atoms with E-state index in [0.717, 1.165) is 18.5 Å². The van der Waals surface area contributed by atoms with Gasteiger partial charge in [-0.25, -0.2) is 4.79 Å². The number of amides is 1. The van der Waals surface area contributed by atoms with Crippen LogP contribution in [0.5, 0.6) is 0 Å². The predicted molar refractivity (Wildman–Crippen MR) is 102 cm³/mol. The molecule has 2 heterocycles. The summed E-state index contributed by atoms with van der Waals surface area (Å²) in [6, 6.07) is 7.30. The van der Waals surface area contributed by atoms with Gasteiger partial charge in [0.1, 0.15) is 5.60 Å². The molecule has 0 N–H and O–H groups in total. The van der Waals surface area contributed by atoms with Crippen LogP contribution in [0.15, 0.2) is 30.5 Å². The van der Waals surface area contributed by atoms with Crippen molar-refractivity contribution in [2.75, 3.05) is 11.4 Å². The number of carbonyl (C=O) groups is 2. The lowest BCUT2D eigenvalue weighted by molar-refractivity contribution is -0.128. The Labute approximate surface area is 154 Å². The van der Waals surface area contributed by atoms with Crippen molar-refractivity contribution in [2.45, 2.75) is 53.1 Å². The average molecular weight is 354 g/mol. The summed E-state index contributed by atoms with van der Waals surface area (Å²) in [5.74, 6) is -0.266. The number of aromatic nitrogens is 1. The van der Waals surface area contributed by atoms with Crippen LogP contribution in [0.1, 0.15) is 57.8 Å². The molecule has 0 spiro atoms. The summed E-state index contributed by atoms with van der Waals surface area (Å²) in [6.07, 6.45) is 3.46. The maximum absolute atomic E-state index is 12.8. The highest BCUT2D eigenvalue weighted by atomic mass is 16.6. The molecule has 0 radical (unpaired) electrons. The van der Waals surface area contributed by atoms with E-state index in [1.54, 1.807) is 12.3 Å². The third-order valence-electron chi connectivity index (χ3n) is 4.66. The minimum atomic E-state index is -0.572. The van der Waals surface area contributed by atoms with Gasteiger partial charge in [0.2, 0.25) is 5.91 Å². The summed E-state index contributed by atoms with van der Waals surface area (Å²) in [5.41, 5.74) is 1.04. The third kappa shape index (κ3) is 3.57. The van der Waals surface area contributed by atoms with Crippen LogP contribution < -0.4 is 4.90 Å². The number of pyridine rings is 1. The van der Waals surface area contributed by atoms with Gasteiger partial charge in [0.25, 0.3) is 0 Å². The summed E-state index contributed by atoms with van der Waals surface area (Å²) in [4.78, 5) is 31.6. The Morgan fingerprint density at radius 2 is 1.96 bits per heavy atom. The summed E-state index contributed by atoms with van der Waals surface area (Å²) in [5, 5.41) is 0.704. The zero-order valence-electron chi connectivity index (χ0n) is 16.1. The number of fused-ring (bicyclic) bond motifs is 1. The number of hydrogen-bond donors (Lipinski definition) is 0. The highest BCUT2D eigenvalue weighted by molar-refractivity contribution is 6.06. The van der Waals surface area contributed by atoms with Gasteiger partial charge in [0.05, 0.1) is 11.1 Å². The summed E-state index contributed by atoms with van der Waals surface area (Å²) >= 11 is 0. The van der Waals surface area contributed by atoms with Gasteiger partial charge in [-0.15, -0.1) is 0 Å². The molecule has 5 nitrogen and oxygen atoms in total. The largest absolute Gasteiger partial charge is 0.456 e. The molecule has 1 saturated heterocycles. The van der Waals surface area contributed by atoms with E-state index in [2.05, 4.69) is 4.98 Å². The van der Waals surface area contributed by atoms with Crippen LogP contribution in [-0.2, 0) is 9.53 Å². The normalized spacial score (nSPS) is 17.4. The fourth-order valence-corrected chi connectivity index (χ4v) is 3.31. The Balaban J connectivity index is 2.04. The first-order valence-electron chi connectivity index (χ1n) is 9.03. The van der Waals surface area contributed by atoms with Gasteiger partial charge < -0.3 is 9.64 Å². The van der Waals surface area contributed by atoms with Crippen LogP contribution in [-0.4, -0.2) is 29.0 Å². The smallest absolute Gasteiger partial charge is 0.339 e. The van der Waals surface area contributed by atoms with Gasteiger partial charge in [0.15, 0.2) is 0 Å². The number of ether oxygens (including phenoxy) is 1. The topological polar surface area (TPSA) is 59.5 Å². The van der Waals surface area contributed by atoms with Gasteiger partial charge in [-0.3, -0.25) is 9.78 Å². The third-order valence-corrected chi connectivity index (χ3v) is 4.66. The summed E-state index contributed by atoms with van der Waals surface area (Å²) < 4.78 is 5.52. The molecule has 1 fully saturated rings. The standard InChI is InChI=1S/C21H26N2O3/c1-20(2,3)26-18(24)15-9-11-22-17-8-7-14(13-16(15)17)23-12-6-10-21(4,5)19(23)25/h7-9,11,13H,6,10,12H2,1-5H3. The first-order valence-corrected chi connectivity index (χ1v) is 9.03. The molecule has 0 saturated carbocycles. The zero-order valence-corrected chi connectivity index (χ0v) is 16.1. The maximum atomic E-state index is 12.8. The highest BCUT2D eigenvalue weighted by Crippen LogP contribution is 2.34. The van der Waals surface area contributed by atoms with E-state index in [1.807, 2.05) is 57.7 Å². The van der Waals surface area contributed by atoms with Crippen molar-refractivity contribution >= 4 is 28.5 Å². The number of esters is 1. The number of piperidine rings is 1. The molecule has 1 aliphatic rings. The Hall–Kier alpha value is -2.43. The highest BCUT2D eigenvalue weighted by Gasteiger charge is 2.36. The Bertz CT molecular complexity index is 865. The second kappa shape index (κ2) is 6.38. The number of anilines is 1. The molecule has 5 heteroatoms. The monoisotopic (exact) mass is 354 g/mol. The molecule has 0 unspecified atom stereocenters. The molecule has 3 rings (SSSR count). The quantitative estimate of drug-likeness (QED) is 0.753. The van der Waals surface area contributed by atoms with Crippen molar-refractivity contribution < 1.29 is 14.3 Å². The molecule has 0 bridgehead atoms. The Morgan fingerprint density at radius 1 is 1.23 bits per heavy atom. The predicted octanol–water partition coefficient (Wildman–Crippen LogP) is 4.34. The van der Waals surface area contributed by atoms with Gasteiger partial charge in [-0.05, 0) is 57.9 Å². The van der Waals surface area contributed by atoms with Gasteiger partial charge >= 0.3 is 5.97 Å². The van der Waals surface area contributed by atoms with E-state index in [0.29, 0.717) is 23.0 Å². The van der Waals surface area contributed by atoms with E-state index < -0.39 is 5.60 Å². The van der Waals surface area contributed by atoms with Crippen molar-refractivity contribution in [3.05, 3.63) is 36.0 Å². The minimum Gasteiger partial charge on any atom is -0.456 e. The first kappa shape index (κ1) is 18.4. The van der Waals surface area contributed by atoms with Gasteiger partial charge in [0, 0.05) is 29.2 Å². The van der Waals surface area contributed by atoms with Gasteiger partial charge in [-0.1, -0.05) is 13.8 Å². The first-order chi connectivity index (χ1) is 12.1. The lowest BCUT2D eigenvalue weighted by Gasteiger charge is -2.37. The molecule has 0 aliphatic carbocycles. The van der Waals surface area contributed by atoms with Crippen molar-refractivity contribution in [2.24, 2.45) is 5.41 Å². The van der Waals surface area contributed by atoms with Crippen molar-refractivity contribution in [3.63, 3.8) is 0 Å². The van der Waals surface area contributed by atoms with E-state index in [9.17, 15) is 9.59 Å². The fourth-order valence-electron chi connectivity index (χ4n) is 3.31. The summed E-state index contributed by atoms with van der Waals surface area (Å²) in [6.45, 7) is 10.2. The van der Waals surface area contributed by atoms with Gasteiger partial charge in [-0.2, -0.15) is 0 Å². The molecule has 1 aromatic heterocycles. The zero-order chi connectivity index (χ0) is 19.1. The number of rotatable bonds is 2. The van der Waals surface area contributed by atoms with E-state index in [4.69, 9.17) is 4.74 Å². The molecule has 1 amide bonds. The fraction of sp³-hybridized carbons (Fsp3) is 0.476. The molecule has 26 heavy (non-hydrogen) atoms. The average Bonchev–Trinajstić information content (AvgIpc) is 2.54. The number of hydrogen-bond acceptors (Lipinski definition) is 4. The van der Waals surface area contributed by atoms with Crippen LogP contribution in [0.25, 0.3) is 10.9 Å². The van der Waals surface area contributed by atoms with Crippen molar-refractivity contribution in [1.82, 2.24) is 4.98 Å². The Morgan fingerprint density at radius 3 is 2.65 bits per heavy atom. The van der Waals surface area contributed by atoms with Crippen LogP contribution in [0.4, 0.5) is 5.69 Å². The Kier molecular flexibility index (Phi) is 4.51. The van der Waals surface area contributed by atoms with Crippen LogP contribution in [0, 0.1) is 5.41 Å². The molecule has 0 atom stereocenters. The van der Waals surface area contributed by atoms with Crippen LogP contribution in [0.2, 0.25) is 0 Å². The van der Waals surface area contributed by atoms with Crippen molar-refractivity contribution in [1.29, 1.82) is 0 Å².